The lowest BCUT2D eigenvalue weighted by Crippen LogP contribution is -2.63. The molecule has 0 saturated heterocycles. The maximum atomic E-state index is 5.51. The van der Waals surface area contributed by atoms with Crippen molar-refractivity contribution in [1.29, 1.82) is 0 Å². The second-order valence-electron chi connectivity index (χ2n) is 6.41. The summed E-state index contributed by atoms with van der Waals surface area (Å²) in [5, 5.41) is 7.98. The topological polar surface area (TPSA) is 58.5 Å². The van der Waals surface area contributed by atoms with Gasteiger partial charge in [0, 0.05) is 30.0 Å². The van der Waals surface area contributed by atoms with Gasteiger partial charge in [-0.3, -0.25) is 0 Å². The van der Waals surface area contributed by atoms with Crippen LogP contribution in [0, 0.1) is 19.3 Å². The standard InChI is InChI=1S/C16H28N4OS/c1-7-17-15(18-9-12-10(2)19-11(3)22-12)20-13-8-14(21-6)16(13,4)5/h13-14H,7-9H2,1-6H3,(H2,17,18,20). The van der Waals surface area contributed by atoms with E-state index in [1.165, 1.54) is 4.88 Å². The van der Waals surface area contributed by atoms with Crippen LogP contribution in [0.15, 0.2) is 4.99 Å². The number of nitrogens with zero attached hydrogens (tertiary/aromatic N) is 2. The van der Waals surface area contributed by atoms with Crippen molar-refractivity contribution in [2.24, 2.45) is 10.4 Å². The van der Waals surface area contributed by atoms with E-state index in [2.05, 4.69) is 36.4 Å². The van der Waals surface area contributed by atoms with Crippen LogP contribution < -0.4 is 10.6 Å². The van der Waals surface area contributed by atoms with Crippen molar-refractivity contribution in [3.05, 3.63) is 15.6 Å². The molecule has 22 heavy (non-hydrogen) atoms. The number of nitrogens with one attached hydrogen (secondary N) is 2. The Balaban J connectivity index is 2.01. The summed E-state index contributed by atoms with van der Waals surface area (Å²) in [7, 11) is 1.79. The van der Waals surface area contributed by atoms with E-state index in [0.29, 0.717) is 18.7 Å². The molecule has 0 spiro atoms. The van der Waals surface area contributed by atoms with Gasteiger partial charge in [0.05, 0.1) is 23.4 Å². The first-order valence-corrected chi connectivity index (χ1v) is 8.70. The minimum absolute atomic E-state index is 0.127. The van der Waals surface area contributed by atoms with Gasteiger partial charge >= 0.3 is 0 Å². The van der Waals surface area contributed by atoms with Gasteiger partial charge in [-0.15, -0.1) is 11.3 Å². The number of rotatable bonds is 5. The van der Waals surface area contributed by atoms with Gasteiger partial charge in [-0.05, 0) is 27.2 Å². The third-order valence-electron chi connectivity index (χ3n) is 4.50. The third kappa shape index (κ3) is 3.60. The quantitative estimate of drug-likeness (QED) is 0.646. The van der Waals surface area contributed by atoms with E-state index in [9.17, 15) is 0 Å². The molecule has 2 N–H and O–H groups in total. The van der Waals surface area contributed by atoms with E-state index in [0.717, 1.165) is 29.6 Å². The zero-order valence-corrected chi connectivity index (χ0v) is 15.3. The maximum Gasteiger partial charge on any atom is 0.191 e. The summed E-state index contributed by atoms with van der Waals surface area (Å²) in [6, 6.07) is 0.388. The van der Waals surface area contributed by atoms with Crippen LogP contribution in [0.5, 0.6) is 0 Å². The zero-order valence-electron chi connectivity index (χ0n) is 14.5. The van der Waals surface area contributed by atoms with E-state index in [4.69, 9.17) is 9.73 Å². The molecule has 6 heteroatoms. The molecule has 1 saturated carbocycles. The van der Waals surface area contributed by atoms with Gasteiger partial charge in [0.25, 0.3) is 0 Å². The van der Waals surface area contributed by atoms with Crippen molar-refractivity contribution < 1.29 is 4.74 Å². The third-order valence-corrected chi connectivity index (χ3v) is 5.56. The first-order chi connectivity index (χ1) is 10.4. The Hall–Kier alpha value is -1.14. The second kappa shape index (κ2) is 6.96. The molecular formula is C16H28N4OS. The minimum atomic E-state index is 0.127. The van der Waals surface area contributed by atoms with Crippen LogP contribution >= 0.6 is 11.3 Å². The number of ether oxygens (including phenoxy) is 1. The Morgan fingerprint density at radius 1 is 1.45 bits per heavy atom. The van der Waals surface area contributed by atoms with Crippen molar-refractivity contribution in [2.75, 3.05) is 13.7 Å². The second-order valence-corrected chi connectivity index (χ2v) is 7.70. The van der Waals surface area contributed by atoms with Crippen LogP contribution in [0.4, 0.5) is 0 Å². The molecule has 1 aromatic heterocycles. The number of aromatic nitrogens is 1. The highest BCUT2D eigenvalue weighted by atomic mass is 32.1. The lowest BCUT2D eigenvalue weighted by atomic mass is 9.64. The number of hydrogen-bond acceptors (Lipinski definition) is 4. The average Bonchev–Trinajstić information content (AvgIpc) is 2.78. The monoisotopic (exact) mass is 324 g/mol. The summed E-state index contributed by atoms with van der Waals surface area (Å²) in [6.07, 6.45) is 1.34. The molecule has 1 aliphatic rings. The van der Waals surface area contributed by atoms with Gasteiger partial charge in [0.15, 0.2) is 5.96 Å². The maximum absolute atomic E-state index is 5.51. The van der Waals surface area contributed by atoms with E-state index in [1.54, 1.807) is 18.4 Å². The Morgan fingerprint density at radius 3 is 2.68 bits per heavy atom. The van der Waals surface area contributed by atoms with Crippen LogP contribution in [0.25, 0.3) is 0 Å². The first kappa shape index (κ1) is 17.2. The molecule has 1 aliphatic carbocycles. The molecule has 0 aliphatic heterocycles. The highest BCUT2D eigenvalue weighted by Crippen LogP contribution is 2.42. The molecule has 0 bridgehead atoms. The Morgan fingerprint density at radius 2 is 2.18 bits per heavy atom. The van der Waals surface area contributed by atoms with E-state index < -0.39 is 0 Å². The van der Waals surface area contributed by atoms with Gasteiger partial charge in [0.1, 0.15) is 0 Å². The van der Waals surface area contributed by atoms with E-state index in [-0.39, 0.29) is 5.41 Å². The van der Waals surface area contributed by atoms with Crippen molar-refractivity contribution >= 4 is 17.3 Å². The van der Waals surface area contributed by atoms with Crippen molar-refractivity contribution in [1.82, 2.24) is 15.6 Å². The predicted octanol–water partition coefficient (Wildman–Crippen LogP) is 2.63. The lowest BCUT2D eigenvalue weighted by molar-refractivity contribution is -0.0922. The fraction of sp³-hybridized carbons (Fsp3) is 0.750. The van der Waals surface area contributed by atoms with Gasteiger partial charge in [-0.1, -0.05) is 13.8 Å². The summed E-state index contributed by atoms with van der Waals surface area (Å²) >= 11 is 1.72. The van der Waals surface area contributed by atoms with Gasteiger partial charge < -0.3 is 15.4 Å². The van der Waals surface area contributed by atoms with Crippen LogP contribution in [0.1, 0.15) is 42.8 Å². The van der Waals surface area contributed by atoms with Crippen LogP contribution in [-0.2, 0) is 11.3 Å². The predicted molar refractivity (Wildman–Crippen MR) is 92.5 cm³/mol. The smallest absolute Gasteiger partial charge is 0.191 e. The Bertz CT molecular complexity index is 538. The van der Waals surface area contributed by atoms with Crippen molar-refractivity contribution in [3.8, 4) is 0 Å². The minimum Gasteiger partial charge on any atom is -0.381 e. The number of thiazole rings is 1. The Labute approximate surface area is 137 Å². The molecule has 0 radical (unpaired) electrons. The van der Waals surface area contributed by atoms with Gasteiger partial charge in [-0.2, -0.15) is 0 Å². The fourth-order valence-corrected chi connectivity index (χ4v) is 3.75. The number of hydrogen-bond donors (Lipinski definition) is 2. The molecule has 124 valence electrons. The molecule has 2 atom stereocenters. The number of aryl methyl sites for hydroxylation is 2. The summed E-state index contributed by atoms with van der Waals surface area (Å²) in [6.45, 7) is 12.2. The Kier molecular flexibility index (Phi) is 5.45. The van der Waals surface area contributed by atoms with Gasteiger partial charge in [0.2, 0.25) is 0 Å². The van der Waals surface area contributed by atoms with Crippen LogP contribution in [0.3, 0.4) is 0 Å². The lowest BCUT2D eigenvalue weighted by Gasteiger charge is -2.51. The molecule has 2 rings (SSSR count). The number of guanidine groups is 1. The van der Waals surface area contributed by atoms with Crippen LogP contribution in [0.2, 0.25) is 0 Å². The molecule has 1 aromatic rings. The number of aliphatic imine (C=N–C) groups is 1. The number of methoxy groups -OCH3 is 1. The molecule has 1 heterocycles. The summed E-state index contributed by atoms with van der Waals surface area (Å²) in [4.78, 5) is 10.4. The molecule has 0 amide bonds. The average molecular weight is 324 g/mol. The first-order valence-electron chi connectivity index (χ1n) is 7.89. The summed E-state index contributed by atoms with van der Waals surface area (Å²) < 4.78 is 5.51. The molecule has 1 fully saturated rings. The van der Waals surface area contributed by atoms with Gasteiger partial charge in [-0.25, -0.2) is 9.98 Å². The summed E-state index contributed by atoms with van der Waals surface area (Å²) in [5.41, 5.74) is 1.22. The fourth-order valence-electron chi connectivity index (χ4n) is 2.89. The zero-order chi connectivity index (χ0) is 16.3. The largest absolute Gasteiger partial charge is 0.381 e. The normalized spacial score (nSPS) is 24.0. The molecular weight excluding hydrogens is 296 g/mol. The van der Waals surface area contributed by atoms with Crippen LogP contribution in [-0.4, -0.2) is 36.7 Å². The molecule has 5 nitrogen and oxygen atoms in total. The van der Waals surface area contributed by atoms with E-state index in [1.807, 2.05) is 13.8 Å². The highest BCUT2D eigenvalue weighted by Gasteiger charge is 2.48. The highest BCUT2D eigenvalue weighted by molar-refractivity contribution is 7.11. The molecule has 0 aromatic carbocycles. The molecule has 2 unspecified atom stereocenters. The van der Waals surface area contributed by atoms with Crippen molar-refractivity contribution in [2.45, 2.75) is 59.7 Å². The van der Waals surface area contributed by atoms with Crippen molar-refractivity contribution in [3.63, 3.8) is 0 Å². The summed E-state index contributed by atoms with van der Waals surface area (Å²) in [5.74, 6) is 0.876. The SMILES string of the molecule is CCNC(=NCc1sc(C)nc1C)NC1CC(OC)C1(C)C. The van der Waals surface area contributed by atoms with E-state index >= 15 is 0 Å².